The Labute approximate surface area is 157 Å². The number of rotatable bonds is 10. The number of terminal acetylenes is 2. The van der Waals surface area contributed by atoms with Gasteiger partial charge in [0, 0.05) is 25.9 Å². The largest absolute Gasteiger partial charge is 0.424 e. The molecule has 0 fully saturated rings. The van der Waals surface area contributed by atoms with Crippen LogP contribution in [0.1, 0.15) is 67.2 Å². The van der Waals surface area contributed by atoms with Crippen molar-refractivity contribution in [3.05, 3.63) is 0 Å². The summed E-state index contributed by atoms with van der Waals surface area (Å²) < 4.78 is 10.3. The highest BCUT2D eigenvalue weighted by Crippen LogP contribution is 2.14. The highest BCUT2D eigenvalue weighted by atomic mass is 16.6. The molecule has 0 aliphatic heterocycles. The molecule has 0 aromatic rings. The van der Waals surface area contributed by atoms with Crippen molar-refractivity contribution in [3.8, 4) is 24.7 Å². The van der Waals surface area contributed by atoms with Gasteiger partial charge in [0.1, 0.15) is 0 Å². The summed E-state index contributed by atoms with van der Waals surface area (Å²) in [4.78, 5) is 24.3. The van der Waals surface area contributed by atoms with E-state index >= 15 is 0 Å². The molecule has 0 aliphatic carbocycles. The van der Waals surface area contributed by atoms with Crippen molar-refractivity contribution in [2.45, 2.75) is 90.8 Å². The molecule has 0 spiro atoms. The smallest absolute Gasteiger partial charge is 0.420 e. The first-order valence-corrected chi connectivity index (χ1v) is 9.09. The molecule has 0 saturated heterocycles. The topological polar surface area (TPSA) is 76.7 Å². The van der Waals surface area contributed by atoms with Crippen LogP contribution in [0.3, 0.4) is 0 Å². The molecular formula is C20H32N2O4. The summed E-state index contributed by atoms with van der Waals surface area (Å²) in [5, 5.41) is 6.10. The van der Waals surface area contributed by atoms with Crippen LogP contribution in [0.15, 0.2) is 0 Å². The Morgan fingerprint density at radius 3 is 1.27 bits per heavy atom. The van der Waals surface area contributed by atoms with Crippen LogP contribution in [0, 0.1) is 24.7 Å². The second kappa shape index (κ2) is 10.9. The SMILES string of the molecule is C#CC(C)(NC(CC)CC)OC(=O)C(=O)OC(C)(C#C)NC(CC)CC. The van der Waals surface area contributed by atoms with Crippen LogP contribution >= 0.6 is 0 Å². The van der Waals surface area contributed by atoms with Crippen LogP contribution in [0.2, 0.25) is 0 Å². The van der Waals surface area contributed by atoms with E-state index in [1.807, 2.05) is 27.7 Å². The van der Waals surface area contributed by atoms with Crippen LogP contribution in [0.5, 0.6) is 0 Å². The van der Waals surface area contributed by atoms with E-state index in [-0.39, 0.29) is 12.1 Å². The Balaban J connectivity index is 5.06. The molecule has 0 aromatic heterocycles. The Morgan fingerprint density at radius 1 is 0.808 bits per heavy atom. The quantitative estimate of drug-likeness (QED) is 0.268. The first-order chi connectivity index (χ1) is 12.1. The number of nitrogens with one attached hydrogen (secondary N) is 2. The van der Waals surface area contributed by atoms with Gasteiger partial charge in [-0.25, -0.2) is 9.59 Å². The zero-order valence-electron chi connectivity index (χ0n) is 16.8. The summed E-state index contributed by atoms with van der Waals surface area (Å²) in [5.74, 6) is 2.35. The molecule has 0 saturated carbocycles. The molecule has 0 aliphatic rings. The number of carbonyl (C=O) groups excluding carboxylic acids is 2. The van der Waals surface area contributed by atoms with E-state index in [4.69, 9.17) is 22.3 Å². The average molecular weight is 364 g/mol. The van der Waals surface area contributed by atoms with Crippen LogP contribution in [-0.2, 0) is 19.1 Å². The van der Waals surface area contributed by atoms with E-state index in [0.29, 0.717) is 0 Å². The predicted molar refractivity (Wildman–Crippen MR) is 102 cm³/mol. The molecule has 2 atom stereocenters. The molecule has 2 N–H and O–H groups in total. The van der Waals surface area contributed by atoms with Gasteiger partial charge < -0.3 is 9.47 Å². The fourth-order valence-corrected chi connectivity index (χ4v) is 2.42. The van der Waals surface area contributed by atoms with Gasteiger partial charge in [-0.3, -0.25) is 10.6 Å². The first-order valence-electron chi connectivity index (χ1n) is 9.09. The number of ether oxygens (including phenoxy) is 2. The molecule has 0 amide bonds. The molecule has 0 aromatic carbocycles. The molecular weight excluding hydrogens is 332 g/mol. The summed E-state index contributed by atoms with van der Waals surface area (Å²) in [6, 6.07) is 0.0970. The third kappa shape index (κ3) is 7.47. The Morgan fingerprint density at radius 2 is 1.08 bits per heavy atom. The Bertz CT molecular complexity index is 505. The molecule has 0 heterocycles. The number of esters is 2. The minimum atomic E-state index is -1.41. The zero-order valence-corrected chi connectivity index (χ0v) is 16.8. The lowest BCUT2D eigenvalue weighted by Gasteiger charge is -2.31. The normalized spacial score (nSPS) is 15.5. The number of hydrogen-bond donors (Lipinski definition) is 2. The van der Waals surface area contributed by atoms with Crippen molar-refractivity contribution in [2.75, 3.05) is 0 Å². The van der Waals surface area contributed by atoms with Crippen molar-refractivity contribution < 1.29 is 19.1 Å². The summed E-state index contributed by atoms with van der Waals surface area (Å²) in [7, 11) is 0. The van der Waals surface area contributed by atoms with Gasteiger partial charge in [0.2, 0.25) is 11.4 Å². The van der Waals surface area contributed by atoms with Gasteiger partial charge in [0.25, 0.3) is 0 Å². The highest BCUT2D eigenvalue weighted by molar-refractivity contribution is 6.30. The second-order valence-corrected chi connectivity index (χ2v) is 6.45. The number of carbonyl (C=O) groups is 2. The number of hydrogen-bond acceptors (Lipinski definition) is 6. The standard InChI is InChI=1S/C20H32N2O4/c1-9-15(10-2)21-19(7,13-5)25-17(23)18(24)26-20(8,14-6)22-16(11-3)12-4/h5-6,15-16,21-22H,9-12H2,1-4,7-8H3. The zero-order chi connectivity index (χ0) is 20.4. The maximum absolute atomic E-state index is 12.2. The molecule has 6 nitrogen and oxygen atoms in total. The van der Waals surface area contributed by atoms with E-state index in [2.05, 4.69) is 22.5 Å². The van der Waals surface area contributed by atoms with Crippen LogP contribution in [0.25, 0.3) is 0 Å². The third-order valence-electron chi connectivity index (χ3n) is 4.24. The van der Waals surface area contributed by atoms with Crippen molar-refractivity contribution in [2.24, 2.45) is 0 Å². The van der Waals surface area contributed by atoms with E-state index in [0.717, 1.165) is 25.7 Å². The fraction of sp³-hybridized carbons (Fsp3) is 0.700. The maximum Gasteiger partial charge on any atom is 0.420 e. The van der Waals surface area contributed by atoms with E-state index < -0.39 is 23.4 Å². The molecule has 0 radical (unpaired) electrons. The maximum atomic E-state index is 12.2. The summed E-state index contributed by atoms with van der Waals surface area (Å²) in [6.45, 7) is 11.0. The van der Waals surface area contributed by atoms with Crippen LogP contribution < -0.4 is 10.6 Å². The van der Waals surface area contributed by atoms with Crippen molar-refractivity contribution in [3.63, 3.8) is 0 Å². The van der Waals surface area contributed by atoms with Gasteiger partial charge >= 0.3 is 11.9 Å². The first kappa shape index (κ1) is 24.0. The van der Waals surface area contributed by atoms with Gasteiger partial charge in [-0.05, 0) is 37.5 Å². The molecule has 26 heavy (non-hydrogen) atoms. The van der Waals surface area contributed by atoms with E-state index in [1.165, 1.54) is 13.8 Å². The second-order valence-electron chi connectivity index (χ2n) is 6.45. The molecule has 0 bridgehead atoms. The molecule has 2 unspecified atom stereocenters. The highest BCUT2D eigenvalue weighted by Gasteiger charge is 2.36. The lowest BCUT2D eigenvalue weighted by atomic mass is 10.1. The summed E-state index contributed by atoms with van der Waals surface area (Å²) in [5.41, 5.74) is -2.83. The summed E-state index contributed by atoms with van der Waals surface area (Å²) >= 11 is 0. The monoisotopic (exact) mass is 364 g/mol. The molecule has 146 valence electrons. The van der Waals surface area contributed by atoms with Crippen molar-refractivity contribution >= 4 is 11.9 Å². The lowest BCUT2D eigenvalue weighted by Crippen LogP contribution is -2.53. The van der Waals surface area contributed by atoms with Gasteiger partial charge in [-0.1, -0.05) is 27.7 Å². The minimum Gasteiger partial charge on any atom is -0.424 e. The predicted octanol–water partition coefficient (Wildman–Crippen LogP) is 2.33. The fourth-order valence-electron chi connectivity index (χ4n) is 2.42. The molecule has 0 rings (SSSR count). The average Bonchev–Trinajstić information content (AvgIpc) is 2.64. The van der Waals surface area contributed by atoms with Crippen LogP contribution in [0.4, 0.5) is 0 Å². The molecule has 6 heteroatoms. The van der Waals surface area contributed by atoms with E-state index in [9.17, 15) is 9.59 Å². The Hall–Kier alpha value is -2.02. The van der Waals surface area contributed by atoms with Gasteiger partial charge in [0.05, 0.1) is 0 Å². The van der Waals surface area contributed by atoms with Crippen molar-refractivity contribution in [1.29, 1.82) is 0 Å². The van der Waals surface area contributed by atoms with Gasteiger partial charge in [-0.2, -0.15) is 0 Å². The van der Waals surface area contributed by atoms with E-state index in [1.54, 1.807) is 0 Å². The van der Waals surface area contributed by atoms with Crippen molar-refractivity contribution in [1.82, 2.24) is 10.6 Å². The Kier molecular flexibility index (Phi) is 10.0. The van der Waals surface area contributed by atoms with Gasteiger partial charge in [-0.15, -0.1) is 12.8 Å². The third-order valence-corrected chi connectivity index (χ3v) is 4.24. The van der Waals surface area contributed by atoms with Crippen LogP contribution in [-0.4, -0.2) is 35.5 Å². The lowest BCUT2D eigenvalue weighted by molar-refractivity contribution is -0.182. The summed E-state index contributed by atoms with van der Waals surface area (Å²) in [6.07, 6.45) is 14.1. The van der Waals surface area contributed by atoms with Gasteiger partial charge in [0.15, 0.2) is 0 Å². The minimum absolute atomic E-state index is 0.0485.